The minimum absolute atomic E-state index is 0. The standard InChI is InChI=1S/C14H25NO4.CH2O3.2Na/c1-10(2)13(16)18-11(3)19-14(17)15-9-12-7-5-4-6-8-12;2-1(3)4;;/h10-12H,4-9H2,1-3H3,(H,15,17);(H2,2,3,4);;/q;;2*+1/p-2/t11-;;;/m1.../s1. The monoisotopic (exact) mass is 377 g/mol. The largest absolute Gasteiger partial charge is 1.00 e. The first-order valence-corrected chi connectivity index (χ1v) is 7.75. The van der Waals surface area contributed by atoms with Crippen LogP contribution in [-0.4, -0.2) is 31.1 Å². The van der Waals surface area contributed by atoms with E-state index >= 15 is 0 Å². The van der Waals surface area contributed by atoms with E-state index in [1.807, 2.05) is 0 Å². The van der Waals surface area contributed by atoms with Crippen LogP contribution in [0, 0.1) is 11.8 Å². The zero-order valence-corrected chi connectivity index (χ0v) is 19.8. The maximum absolute atomic E-state index is 11.5. The van der Waals surface area contributed by atoms with E-state index in [1.54, 1.807) is 20.8 Å². The number of hydrogen-bond acceptors (Lipinski definition) is 7. The molecule has 8 nitrogen and oxygen atoms in total. The Morgan fingerprint density at radius 2 is 1.48 bits per heavy atom. The third-order valence-electron chi connectivity index (χ3n) is 3.29. The topological polar surface area (TPSA) is 128 Å². The zero-order valence-electron chi connectivity index (χ0n) is 15.8. The molecular weight excluding hydrogens is 352 g/mol. The Kier molecular flexibility index (Phi) is 20.7. The molecule has 1 amide bonds. The Bertz CT molecular complexity index is 384. The van der Waals surface area contributed by atoms with Crippen molar-refractivity contribution in [3.8, 4) is 0 Å². The summed E-state index contributed by atoms with van der Waals surface area (Å²) in [5.41, 5.74) is 0. The summed E-state index contributed by atoms with van der Waals surface area (Å²) < 4.78 is 9.92. The molecule has 0 bridgehead atoms. The average Bonchev–Trinajstić information content (AvgIpc) is 2.45. The van der Waals surface area contributed by atoms with Gasteiger partial charge in [0.2, 0.25) is 6.29 Å². The van der Waals surface area contributed by atoms with Gasteiger partial charge < -0.3 is 29.8 Å². The molecule has 25 heavy (non-hydrogen) atoms. The maximum Gasteiger partial charge on any atom is 1.00 e. The van der Waals surface area contributed by atoms with E-state index in [4.69, 9.17) is 24.5 Å². The Hall–Kier alpha value is 0.0100. The fourth-order valence-corrected chi connectivity index (χ4v) is 2.14. The Labute approximate surface area is 193 Å². The van der Waals surface area contributed by atoms with E-state index in [0.29, 0.717) is 12.5 Å². The molecule has 0 spiro atoms. The quantitative estimate of drug-likeness (QED) is 0.287. The van der Waals surface area contributed by atoms with Crippen LogP contribution in [0.15, 0.2) is 0 Å². The summed E-state index contributed by atoms with van der Waals surface area (Å²) in [7, 11) is 0. The van der Waals surface area contributed by atoms with E-state index in [1.165, 1.54) is 19.3 Å². The van der Waals surface area contributed by atoms with Gasteiger partial charge in [-0.05, 0) is 24.9 Å². The Morgan fingerprint density at radius 3 is 1.92 bits per heavy atom. The van der Waals surface area contributed by atoms with Gasteiger partial charge in [0, 0.05) is 13.5 Å². The van der Waals surface area contributed by atoms with Crippen LogP contribution in [0.5, 0.6) is 0 Å². The van der Waals surface area contributed by atoms with Crippen molar-refractivity contribution in [3.05, 3.63) is 0 Å². The third kappa shape index (κ3) is 18.6. The first-order chi connectivity index (χ1) is 10.7. The Balaban J connectivity index is -0.000000728. The fourth-order valence-electron chi connectivity index (χ4n) is 2.14. The van der Waals surface area contributed by atoms with Crippen LogP contribution in [0.3, 0.4) is 0 Å². The van der Waals surface area contributed by atoms with Crippen LogP contribution in [0.2, 0.25) is 0 Å². The van der Waals surface area contributed by atoms with E-state index in [0.717, 1.165) is 12.8 Å². The molecule has 1 aliphatic carbocycles. The van der Waals surface area contributed by atoms with Crippen molar-refractivity contribution in [1.29, 1.82) is 0 Å². The van der Waals surface area contributed by atoms with Gasteiger partial charge in [0.15, 0.2) is 0 Å². The van der Waals surface area contributed by atoms with Crippen molar-refractivity contribution in [2.75, 3.05) is 6.54 Å². The molecular formula is C15H25NNa2O7. The van der Waals surface area contributed by atoms with Gasteiger partial charge in [-0.3, -0.25) is 4.79 Å². The van der Waals surface area contributed by atoms with Gasteiger partial charge in [0.25, 0.3) is 0 Å². The second kappa shape index (κ2) is 17.4. The normalized spacial score (nSPS) is 14.6. The number of carboxylic acid groups (broad SMARTS) is 2. The predicted octanol–water partition coefficient (Wildman–Crippen LogP) is -5.60. The van der Waals surface area contributed by atoms with Crippen LogP contribution < -0.4 is 74.6 Å². The minimum Gasteiger partial charge on any atom is -0.652 e. The number of carbonyl (C=O) groups is 3. The number of ether oxygens (including phenoxy) is 2. The van der Waals surface area contributed by atoms with Crippen molar-refractivity contribution in [1.82, 2.24) is 5.32 Å². The number of amides is 1. The van der Waals surface area contributed by atoms with Crippen molar-refractivity contribution < 1.29 is 93.2 Å². The van der Waals surface area contributed by atoms with Crippen LogP contribution in [-0.2, 0) is 14.3 Å². The van der Waals surface area contributed by atoms with Crippen molar-refractivity contribution in [3.63, 3.8) is 0 Å². The van der Waals surface area contributed by atoms with Crippen LogP contribution in [0.4, 0.5) is 9.59 Å². The smallest absolute Gasteiger partial charge is 0.652 e. The van der Waals surface area contributed by atoms with Gasteiger partial charge in [-0.25, -0.2) is 4.79 Å². The van der Waals surface area contributed by atoms with Crippen LogP contribution >= 0.6 is 0 Å². The first kappa shape index (κ1) is 29.8. The summed E-state index contributed by atoms with van der Waals surface area (Å²) in [4.78, 5) is 31.2. The number of alkyl carbamates (subject to hydrolysis) is 1. The summed E-state index contributed by atoms with van der Waals surface area (Å²) in [5, 5.41) is 19.4. The predicted molar refractivity (Wildman–Crippen MR) is 76.8 cm³/mol. The third-order valence-corrected chi connectivity index (χ3v) is 3.29. The summed E-state index contributed by atoms with van der Waals surface area (Å²) in [6.07, 6.45) is 2.41. The van der Waals surface area contributed by atoms with E-state index in [2.05, 4.69) is 5.32 Å². The molecule has 0 saturated heterocycles. The molecule has 0 unspecified atom stereocenters. The first-order valence-electron chi connectivity index (χ1n) is 7.75. The minimum atomic E-state index is -2.33. The molecule has 1 aliphatic rings. The molecule has 0 aromatic rings. The van der Waals surface area contributed by atoms with E-state index in [-0.39, 0.29) is 71.0 Å². The molecule has 134 valence electrons. The maximum atomic E-state index is 11.5. The Morgan fingerprint density at radius 1 is 1.00 bits per heavy atom. The number of hydrogen-bond donors (Lipinski definition) is 1. The van der Waals surface area contributed by atoms with Gasteiger partial charge in [0.05, 0.1) is 5.92 Å². The van der Waals surface area contributed by atoms with E-state index in [9.17, 15) is 9.59 Å². The average molecular weight is 377 g/mol. The summed E-state index contributed by atoms with van der Waals surface area (Å²) in [6, 6.07) is 0. The van der Waals surface area contributed by atoms with Gasteiger partial charge in [-0.15, -0.1) is 0 Å². The molecule has 10 heteroatoms. The molecule has 1 fully saturated rings. The van der Waals surface area contributed by atoms with Gasteiger partial charge in [-0.2, -0.15) is 0 Å². The van der Waals surface area contributed by atoms with Gasteiger partial charge in [-0.1, -0.05) is 33.1 Å². The molecule has 0 aliphatic heterocycles. The van der Waals surface area contributed by atoms with Crippen molar-refractivity contribution in [2.45, 2.75) is 59.2 Å². The second-order valence-corrected chi connectivity index (χ2v) is 5.70. The molecule has 1 N–H and O–H groups in total. The van der Waals surface area contributed by atoms with Crippen LogP contribution in [0.1, 0.15) is 52.9 Å². The number of esters is 1. The molecule has 0 radical (unpaired) electrons. The molecule has 0 heterocycles. The molecule has 1 rings (SSSR count). The van der Waals surface area contributed by atoms with E-state index < -0.39 is 18.5 Å². The van der Waals surface area contributed by atoms with Gasteiger partial charge in [0.1, 0.15) is 0 Å². The van der Waals surface area contributed by atoms with Crippen molar-refractivity contribution in [2.24, 2.45) is 11.8 Å². The van der Waals surface area contributed by atoms with Crippen LogP contribution in [0.25, 0.3) is 0 Å². The number of rotatable bonds is 5. The molecule has 1 saturated carbocycles. The molecule has 0 aromatic heterocycles. The van der Waals surface area contributed by atoms with Gasteiger partial charge >= 0.3 is 71.2 Å². The summed E-state index contributed by atoms with van der Waals surface area (Å²) in [5.74, 6) is -0.0428. The molecule has 1 atom stereocenters. The number of nitrogens with one attached hydrogen (secondary N) is 1. The fraction of sp³-hybridized carbons (Fsp3) is 0.800. The summed E-state index contributed by atoms with van der Waals surface area (Å²) >= 11 is 0. The second-order valence-electron chi connectivity index (χ2n) is 5.70. The molecule has 0 aromatic carbocycles. The summed E-state index contributed by atoms with van der Waals surface area (Å²) in [6.45, 7) is 5.65. The zero-order chi connectivity index (χ0) is 17.8. The SMILES string of the molecule is CC(C)C(=O)O[C@@H](C)OC(=O)NCC1CCCCC1.O=C([O-])[O-].[Na+].[Na+]. The van der Waals surface area contributed by atoms with Crippen molar-refractivity contribution >= 4 is 18.2 Å². The number of carbonyl (C=O) groups excluding carboxylic acids is 3.